The Kier molecular flexibility index (Phi) is 14.3. The zero-order valence-electron chi connectivity index (χ0n) is 12.7. The predicted octanol–water partition coefficient (Wildman–Crippen LogP) is -0.667. The van der Waals surface area contributed by atoms with E-state index in [1.807, 2.05) is 6.92 Å². The van der Waals surface area contributed by atoms with Gasteiger partial charge in [0.25, 0.3) is 0 Å². The highest BCUT2D eigenvalue weighted by atomic mass is 16.6. The number of amides is 2. The molecule has 0 aromatic carbocycles. The Morgan fingerprint density at radius 1 is 0.952 bits per heavy atom. The van der Waals surface area contributed by atoms with Gasteiger partial charge in [0.1, 0.15) is 6.61 Å². The molecule has 2 amide bonds. The van der Waals surface area contributed by atoms with Crippen molar-refractivity contribution in [2.24, 2.45) is 5.90 Å². The van der Waals surface area contributed by atoms with Crippen LogP contribution in [0.3, 0.4) is 0 Å². The van der Waals surface area contributed by atoms with Crippen LogP contribution in [0.2, 0.25) is 0 Å². The van der Waals surface area contributed by atoms with Crippen molar-refractivity contribution in [2.45, 2.75) is 26.2 Å². The van der Waals surface area contributed by atoms with Gasteiger partial charge in [-0.3, -0.25) is 14.4 Å². The fourth-order valence-corrected chi connectivity index (χ4v) is 1.40. The molecule has 21 heavy (non-hydrogen) atoms. The van der Waals surface area contributed by atoms with Crippen LogP contribution in [0.4, 0.5) is 0 Å². The average molecular weight is 305 g/mol. The first-order valence-electron chi connectivity index (χ1n) is 7.21. The van der Waals surface area contributed by atoms with Crippen molar-refractivity contribution < 1.29 is 23.9 Å². The van der Waals surface area contributed by atoms with Gasteiger partial charge in [-0.2, -0.15) is 0 Å². The molecule has 0 aliphatic carbocycles. The Morgan fingerprint density at radius 3 is 2.05 bits per heavy atom. The third-order valence-corrected chi connectivity index (χ3v) is 2.48. The van der Waals surface area contributed by atoms with Crippen molar-refractivity contribution in [3.05, 3.63) is 0 Å². The van der Waals surface area contributed by atoms with Gasteiger partial charge in [0.15, 0.2) is 0 Å². The van der Waals surface area contributed by atoms with E-state index in [9.17, 15) is 9.59 Å². The van der Waals surface area contributed by atoms with E-state index in [1.165, 1.54) is 0 Å². The first-order chi connectivity index (χ1) is 10.2. The molecule has 0 atom stereocenters. The van der Waals surface area contributed by atoms with Crippen LogP contribution in [0.25, 0.3) is 0 Å². The summed E-state index contributed by atoms with van der Waals surface area (Å²) >= 11 is 0. The third-order valence-electron chi connectivity index (χ3n) is 2.48. The number of nitrogens with one attached hydrogen (secondary N) is 2. The van der Waals surface area contributed by atoms with Crippen molar-refractivity contribution in [1.29, 1.82) is 0 Å². The summed E-state index contributed by atoms with van der Waals surface area (Å²) in [5.41, 5.74) is 0. The largest absolute Gasteiger partial charge is 0.377 e. The number of carbonyl (C=O) groups excluding carboxylic acids is 2. The molecule has 0 rings (SSSR count). The number of ether oxygens (including phenoxy) is 2. The minimum Gasteiger partial charge on any atom is -0.377 e. The minimum atomic E-state index is -0.281. The van der Waals surface area contributed by atoms with E-state index in [4.69, 9.17) is 15.4 Å². The van der Waals surface area contributed by atoms with Gasteiger partial charge in [0.2, 0.25) is 11.8 Å². The molecule has 0 unspecified atom stereocenters. The second-order valence-electron chi connectivity index (χ2n) is 4.34. The molecule has 8 nitrogen and oxygen atoms in total. The molecular formula is C13H27N3O5. The maximum atomic E-state index is 11.3. The molecule has 0 radical (unpaired) electrons. The molecule has 0 aromatic heterocycles. The fraction of sp³-hybridized carbons (Fsp3) is 0.846. The monoisotopic (exact) mass is 305 g/mol. The van der Waals surface area contributed by atoms with E-state index in [1.54, 1.807) is 0 Å². The fourth-order valence-electron chi connectivity index (χ4n) is 1.40. The molecule has 0 fully saturated rings. The van der Waals surface area contributed by atoms with Crippen molar-refractivity contribution in [2.75, 3.05) is 46.1 Å². The van der Waals surface area contributed by atoms with Crippen molar-refractivity contribution in [1.82, 2.24) is 10.6 Å². The molecule has 4 N–H and O–H groups in total. The van der Waals surface area contributed by atoms with Gasteiger partial charge in [-0.1, -0.05) is 13.3 Å². The van der Waals surface area contributed by atoms with Crippen LogP contribution < -0.4 is 16.5 Å². The van der Waals surface area contributed by atoms with Gasteiger partial charge in [-0.25, -0.2) is 5.90 Å². The number of rotatable bonds is 14. The van der Waals surface area contributed by atoms with Gasteiger partial charge >= 0.3 is 0 Å². The summed E-state index contributed by atoms with van der Waals surface area (Å²) in [7, 11) is 0. The Hall–Kier alpha value is -1.22. The number of hydrogen-bond acceptors (Lipinski definition) is 6. The lowest BCUT2D eigenvalue weighted by Gasteiger charge is -2.07. The van der Waals surface area contributed by atoms with Crippen LogP contribution in [0.1, 0.15) is 26.2 Å². The summed E-state index contributed by atoms with van der Waals surface area (Å²) in [6.07, 6.45) is 2.50. The van der Waals surface area contributed by atoms with Gasteiger partial charge in [0, 0.05) is 19.5 Å². The predicted molar refractivity (Wildman–Crippen MR) is 77.3 cm³/mol. The lowest BCUT2D eigenvalue weighted by molar-refractivity contribution is -0.126. The molecule has 0 bridgehead atoms. The van der Waals surface area contributed by atoms with Gasteiger partial charge < -0.3 is 20.1 Å². The summed E-state index contributed by atoms with van der Waals surface area (Å²) in [5.74, 6) is 4.53. The molecule has 0 heterocycles. The number of carbonyl (C=O) groups is 2. The van der Waals surface area contributed by atoms with Gasteiger partial charge in [-0.15, -0.1) is 0 Å². The topological polar surface area (TPSA) is 112 Å². The lowest BCUT2D eigenvalue weighted by atomic mass is 10.2. The summed E-state index contributed by atoms with van der Waals surface area (Å²) in [4.78, 5) is 26.4. The Labute approximate surface area is 125 Å². The van der Waals surface area contributed by atoms with Crippen LogP contribution in [0.5, 0.6) is 0 Å². The van der Waals surface area contributed by atoms with E-state index in [0.29, 0.717) is 45.9 Å². The first kappa shape index (κ1) is 19.8. The minimum absolute atomic E-state index is 0.0638. The van der Waals surface area contributed by atoms with E-state index in [2.05, 4.69) is 15.5 Å². The second-order valence-corrected chi connectivity index (χ2v) is 4.34. The molecule has 0 aliphatic heterocycles. The maximum Gasteiger partial charge on any atom is 0.248 e. The normalized spacial score (nSPS) is 10.4. The van der Waals surface area contributed by atoms with Crippen LogP contribution >= 0.6 is 0 Å². The highest BCUT2D eigenvalue weighted by molar-refractivity contribution is 5.77. The van der Waals surface area contributed by atoms with Crippen molar-refractivity contribution in [3.8, 4) is 0 Å². The molecule has 8 heteroatoms. The molecule has 0 aliphatic rings. The maximum absolute atomic E-state index is 11.3. The molecule has 0 saturated carbocycles. The van der Waals surface area contributed by atoms with Gasteiger partial charge in [-0.05, 0) is 6.42 Å². The Balaban J connectivity index is 3.15. The molecule has 0 aromatic rings. The first-order valence-corrected chi connectivity index (χ1v) is 7.21. The van der Waals surface area contributed by atoms with E-state index >= 15 is 0 Å². The van der Waals surface area contributed by atoms with Crippen LogP contribution in [0, 0.1) is 0 Å². The Morgan fingerprint density at radius 2 is 1.52 bits per heavy atom. The second kappa shape index (κ2) is 15.2. The van der Waals surface area contributed by atoms with E-state index in [-0.39, 0.29) is 18.4 Å². The highest BCUT2D eigenvalue weighted by Gasteiger charge is 1.99. The molecule has 0 saturated heterocycles. The summed E-state index contributed by atoms with van der Waals surface area (Å²) < 4.78 is 10.5. The standard InChI is InChI=1S/C13H27N3O5/c1-2-3-4-12(17)15-5-7-19-9-10-20-8-6-16-13(18)11-21-14/h2-11,14H2,1H3,(H,15,17)(H,16,18). The highest BCUT2D eigenvalue weighted by Crippen LogP contribution is 1.92. The van der Waals surface area contributed by atoms with Crippen LogP contribution in [0.15, 0.2) is 0 Å². The smallest absolute Gasteiger partial charge is 0.248 e. The van der Waals surface area contributed by atoms with E-state index < -0.39 is 0 Å². The van der Waals surface area contributed by atoms with Crippen molar-refractivity contribution in [3.63, 3.8) is 0 Å². The SMILES string of the molecule is CCCCC(=O)NCCOCCOCCNC(=O)CON. The zero-order valence-corrected chi connectivity index (χ0v) is 12.7. The molecule has 0 spiro atoms. The number of hydrogen-bond donors (Lipinski definition) is 3. The number of unbranched alkanes of at least 4 members (excludes halogenated alkanes) is 1. The lowest BCUT2D eigenvalue weighted by Crippen LogP contribution is -2.31. The number of nitrogens with two attached hydrogens (primary N) is 1. The molecular weight excluding hydrogens is 278 g/mol. The van der Waals surface area contributed by atoms with Gasteiger partial charge in [0.05, 0.1) is 26.4 Å². The zero-order chi connectivity index (χ0) is 15.8. The summed E-state index contributed by atoms with van der Waals surface area (Å²) in [6.45, 7) is 4.55. The van der Waals surface area contributed by atoms with Crippen LogP contribution in [-0.2, 0) is 23.9 Å². The summed E-state index contributed by atoms with van der Waals surface area (Å²) in [5, 5.41) is 5.35. The Bertz CT molecular complexity index is 277. The summed E-state index contributed by atoms with van der Waals surface area (Å²) in [6, 6.07) is 0. The third kappa shape index (κ3) is 15.0. The van der Waals surface area contributed by atoms with Crippen molar-refractivity contribution >= 4 is 11.8 Å². The average Bonchev–Trinajstić information content (AvgIpc) is 2.47. The van der Waals surface area contributed by atoms with Crippen LogP contribution in [-0.4, -0.2) is 57.9 Å². The molecule has 124 valence electrons. The van der Waals surface area contributed by atoms with E-state index in [0.717, 1.165) is 12.8 Å². The quantitative estimate of drug-likeness (QED) is 0.290.